The van der Waals surface area contributed by atoms with Gasteiger partial charge in [0.1, 0.15) is 11.5 Å². The summed E-state index contributed by atoms with van der Waals surface area (Å²) in [6.45, 7) is 7.62. The van der Waals surface area contributed by atoms with Gasteiger partial charge in [-0.3, -0.25) is 9.59 Å². The molecule has 131 heavy (non-hydrogen) atoms. The third-order valence-electron chi connectivity index (χ3n) is 19.7. The van der Waals surface area contributed by atoms with E-state index in [0.29, 0.717) is 43.0 Å². The Labute approximate surface area is 800 Å². The molecule has 17 rings (SSSR count). The molecule has 1 aliphatic heterocycles. The number of hydrogen-bond donors (Lipinski definition) is 4. The largest absolute Gasteiger partial charge is 0.496 e. The van der Waals surface area contributed by atoms with E-state index in [-0.39, 0.29) is 45.2 Å². The van der Waals surface area contributed by atoms with Crippen LogP contribution in [0, 0.1) is 0 Å². The van der Waals surface area contributed by atoms with Gasteiger partial charge in [0.15, 0.2) is 11.6 Å². The summed E-state index contributed by atoms with van der Waals surface area (Å²) in [5.41, 5.74) is 5.59. The van der Waals surface area contributed by atoms with Gasteiger partial charge >= 0.3 is 7.12 Å². The van der Waals surface area contributed by atoms with Crippen LogP contribution < -0.4 is 78.6 Å². The molecule has 4 N–H and O–H groups in total. The molecule has 0 spiro atoms. The Balaban J connectivity index is 0.000000171. The minimum absolute atomic E-state index is 0. The number of benzene rings is 16. The fraction of sp³-hybridized carbons (Fsp3) is 0.125. The Morgan fingerprint density at radius 3 is 0.725 bits per heavy atom. The number of halogens is 1. The first-order valence-electron chi connectivity index (χ1n) is 42.8. The average molecular weight is 1970 g/mol. The van der Waals surface area contributed by atoms with Gasteiger partial charge in [-0.1, -0.05) is 435 Å². The Morgan fingerprint density at radius 2 is 0.519 bits per heavy atom. The number of aliphatic hydroxyl groups is 2. The molecule has 0 bridgehead atoms. The van der Waals surface area contributed by atoms with Crippen LogP contribution in [-0.2, 0) is 52.6 Å². The molecule has 1 fully saturated rings. The minimum atomic E-state index is -1.47. The van der Waals surface area contributed by atoms with Crippen molar-refractivity contribution in [1.82, 2.24) is 0 Å². The molecule has 1 saturated heterocycles. The van der Waals surface area contributed by atoms with Crippen molar-refractivity contribution in [2.75, 3.05) is 67.1 Å². The average Bonchev–Trinajstić information content (AvgIpc) is 0.832. The van der Waals surface area contributed by atoms with Gasteiger partial charge in [-0.05, 0) is 156 Å². The molecule has 1 heterocycles. The predicted octanol–water partition coefficient (Wildman–Crippen LogP) is 18.4. The number of hydrogen-bond acceptors (Lipinski definition) is 12. The van der Waals surface area contributed by atoms with E-state index in [1.165, 1.54) is 82.7 Å². The summed E-state index contributed by atoms with van der Waals surface area (Å²) in [5.74, 6) is 1.57. The van der Waals surface area contributed by atoms with Crippen LogP contribution in [0.4, 0.5) is 0 Å². The maximum absolute atomic E-state index is 11.3. The van der Waals surface area contributed by atoms with Crippen LogP contribution in [0.15, 0.2) is 453 Å². The Kier molecular flexibility index (Phi) is 47.7. The zero-order valence-corrected chi connectivity index (χ0v) is 80.6. The molecule has 0 saturated carbocycles. The second-order valence-electron chi connectivity index (χ2n) is 28.8. The number of carbonyl (C=O) groups excluding carboxylic acids is 2. The predicted molar refractivity (Wildman–Crippen MR) is 551 cm³/mol. The third-order valence-corrected chi connectivity index (χ3v) is 29.9. The third kappa shape index (κ3) is 35.3. The molecule has 0 unspecified atom stereocenters. The van der Waals surface area contributed by atoms with Crippen molar-refractivity contribution in [3.63, 3.8) is 0 Å². The number of rotatable bonds is 26. The van der Waals surface area contributed by atoms with Gasteiger partial charge in [-0.15, -0.1) is 0 Å². The van der Waals surface area contributed by atoms with E-state index in [1.807, 2.05) is 60.7 Å². The molecule has 12 nitrogen and oxygen atoms in total. The van der Waals surface area contributed by atoms with Crippen LogP contribution in [0.5, 0.6) is 11.5 Å². The van der Waals surface area contributed by atoms with Crippen molar-refractivity contribution in [2.24, 2.45) is 0 Å². The fourth-order valence-corrected chi connectivity index (χ4v) is 23.0. The number of aliphatic hydroxyl groups excluding tert-OH is 2. The van der Waals surface area contributed by atoms with E-state index in [9.17, 15) is 9.59 Å². The molecular formula is C112H110BBrO12P4Pd. The maximum Gasteiger partial charge on any atom is 0.488 e. The quantitative estimate of drug-likeness (QED) is 0.0175. The fourth-order valence-electron chi connectivity index (χ4n) is 13.4. The van der Waals surface area contributed by atoms with E-state index in [1.54, 1.807) is 33.3 Å². The molecule has 0 amide bonds. The van der Waals surface area contributed by atoms with Crippen molar-refractivity contribution in [3.8, 4) is 22.6 Å². The Hall–Kier alpha value is -10.9. The first-order valence-corrected chi connectivity index (χ1v) is 48.9. The summed E-state index contributed by atoms with van der Waals surface area (Å²) in [5, 5.41) is 51.6. The van der Waals surface area contributed by atoms with Gasteiger partial charge in [-0.25, -0.2) is 0 Å². The number of Topliss-reactive ketones (excluding diaryl/α,β-unsaturated/α-hetero) is 2. The van der Waals surface area contributed by atoms with E-state index >= 15 is 0 Å². The smallest absolute Gasteiger partial charge is 0.488 e. The molecule has 1 aliphatic rings. The molecule has 16 aromatic carbocycles. The van der Waals surface area contributed by atoms with E-state index in [0.717, 1.165) is 64.7 Å². The number of methoxy groups -OCH3 is 2. The molecule has 0 aromatic heterocycles. The van der Waals surface area contributed by atoms with Crippen LogP contribution >= 0.6 is 47.6 Å². The molecule has 0 aliphatic carbocycles. The van der Waals surface area contributed by atoms with Gasteiger partial charge in [0.05, 0.1) is 80.3 Å². The van der Waals surface area contributed by atoms with Crippen LogP contribution in [0.3, 0.4) is 0 Å². The number of ether oxygens (including phenoxy) is 6. The van der Waals surface area contributed by atoms with Gasteiger partial charge in [0.2, 0.25) is 0 Å². The normalized spacial score (nSPS) is 11.0. The van der Waals surface area contributed by atoms with Crippen molar-refractivity contribution in [2.45, 2.75) is 27.1 Å². The topological polar surface area (TPSA) is 170 Å². The van der Waals surface area contributed by atoms with E-state index in [2.05, 4.69) is 380 Å². The summed E-state index contributed by atoms with van der Waals surface area (Å²) in [4.78, 5) is 22.1. The van der Waals surface area contributed by atoms with Crippen molar-refractivity contribution in [3.05, 3.63) is 476 Å². The SMILES string of the molecule is C1COCCO1.CC(=O)c1ccc(B(O)O)cc1.COc1ccc(-c2ccc(C(C)=O)cc2)cc1COCCO.COc1ccc(Br)cc1COCCO.[Pd].c1ccc(P(c2ccccc2)c2ccccc2)cc1.c1ccc(P(c2ccccc2)c2ccccc2)cc1.c1ccc(P(c2ccccc2)c2ccccc2)cc1.c1ccc(P(c2ccccc2)c2ccccc2)cc1. The second-order valence-corrected chi connectivity index (χ2v) is 38.6. The zero-order valence-electron chi connectivity index (χ0n) is 73.9. The zero-order chi connectivity index (χ0) is 91.4. The summed E-state index contributed by atoms with van der Waals surface area (Å²) in [7, 11) is -0.00955. The monoisotopic (exact) mass is 1970 g/mol. The Morgan fingerprint density at radius 1 is 0.305 bits per heavy atom. The summed E-state index contributed by atoms with van der Waals surface area (Å²) in [6.07, 6.45) is 0. The van der Waals surface area contributed by atoms with Crippen LogP contribution in [0.2, 0.25) is 0 Å². The molecule has 0 atom stereocenters. The summed E-state index contributed by atoms with van der Waals surface area (Å²) in [6, 6.07) is 155. The number of carbonyl (C=O) groups is 2. The molecule has 0 radical (unpaired) electrons. The molecule has 670 valence electrons. The van der Waals surface area contributed by atoms with Crippen molar-refractivity contribution < 1.29 is 78.7 Å². The van der Waals surface area contributed by atoms with E-state index in [4.69, 9.17) is 48.7 Å². The van der Waals surface area contributed by atoms with Gasteiger partial charge in [0.25, 0.3) is 0 Å². The van der Waals surface area contributed by atoms with Gasteiger partial charge in [-0.2, -0.15) is 0 Å². The van der Waals surface area contributed by atoms with Crippen molar-refractivity contribution >= 4 is 135 Å². The number of ketones is 2. The summed E-state index contributed by atoms with van der Waals surface area (Å²) >= 11 is 3.37. The maximum atomic E-state index is 11.3. The standard InChI is InChI=1S/C18H20O4.4C18H15P.C10H13BrO3.C8H9BO3.C4H8O2.Pd/c1-13(20)14-3-5-15(6-4-14)16-7-8-18(21-2)17(11-16)12-22-10-9-19;4*1-4-10-16(11-5-1)19(17-12-6-2-7-13-17)18-14-8-3-9-15-18;1-13-10-3-2-9(11)6-8(10)7-14-5-4-12;1-6(10)7-2-4-8(5-3-7)9(11)12;1-2-6-4-3-5-1;/h3-8,11,19H,9-10,12H2,1-2H3;4*1-15H;2-3,6,12H,4-5,7H2,1H3;2-5,11-12H,1H3;1-4H2;. The summed E-state index contributed by atoms with van der Waals surface area (Å²) < 4.78 is 32.0. The minimum Gasteiger partial charge on any atom is -0.496 e. The molecule has 16 aromatic rings. The van der Waals surface area contributed by atoms with Crippen LogP contribution in [0.25, 0.3) is 11.1 Å². The second kappa shape index (κ2) is 60.2. The van der Waals surface area contributed by atoms with E-state index < -0.39 is 38.8 Å². The first-order chi connectivity index (χ1) is 63.8. The molecule has 19 heteroatoms. The van der Waals surface area contributed by atoms with Gasteiger partial charge < -0.3 is 48.7 Å². The van der Waals surface area contributed by atoms with Crippen LogP contribution in [0.1, 0.15) is 45.7 Å². The van der Waals surface area contributed by atoms with Crippen LogP contribution in [-0.4, -0.2) is 106 Å². The van der Waals surface area contributed by atoms with Gasteiger partial charge in [0, 0.05) is 47.1 Å². The first kappa shape index (κ1) is 104. The molecular weight excluding hydrogens is 1860 g/mol. The van der Waals surface area contributed by atoms with Crippen molar-refractivity contribution in [1.29, 1.82) is 0 Å². The Bertz CT molecular complexity index is 4920.